The van der Waals surface area contributed by atoms with Gasteiger partial charge in [0, 0.05) is 6.16 Å². The van der Waals surface area contributed by atoms with Crippen molar-refractivity contribution >= 4 is 18.5 Å². The van der Waals surface area contributed by atoms with Crippen LogP contribution in [0, 0.1) is 0 Å². The van der Waals surface area contributed by atoms with Crippen LogP contribution in [0.1, 0.15) is 5.56 Å². The molecule has 0 aliphatic heterocycles. The van der Waals surface area contributed by atoms with Crippen LogP contribution >= 0.6 is 7.92 Å². The highest BCUT2D eigenvalue weighted by Gasteiger charge is 2.16. The second-order valence-corrected chi connectivity index (χ2v) is 7.27. The first kappa shape index (κ1) is 14.8. The van der Waals surface area contributed by atoms with Gasteiger partial charge in [-0.1, -0.05) is 78.9 Å². The summed E-state index contributed by atoms with van der Waals surface area (Å²) in [6, 6.07) is 29.9. The molecule has 3 rings (SSSR count). The van der Waals surface area contributed by atoms with E-state index < -0.39 is 7.92 Å². The Bertz CT molecular complexity index is 671. The normalized spacial score (nSPS) is 10.6. The van der Waals surface area contributed by atoms with Gasteiger partial charge in [0.25, 0.3) is 0 Å². The zero-order chi connectivity index (χ0) is 15.2. The summed E-state index contributed by atoms with van der Waals surface area (Å²) < 4.78 is 5.53. The smallest absolute Gasteiger partial charge is 0.122 e. The van der Waals surface area contributed by atoms with Crippen LogP contribution in [0.25, 0.3) is 0 Å². The highest BCUT2D eigenvalue weighted by atomic mass is 31.1. The molecule has 0 aliphatic carbocycles. The molecule has 110 valence electrons. The number of methoxy groups -OCH3 is 1. The maximum atomic E-state index is 5.53. The number of ether oxygens (including phenoxy) is 1. The Morgan fingerprint density at radius 2 is 1.18 bits per heavy atom. The van der Waals surface area contributed by atoms with E-state index in [1.54, 1.807) is 7.11 Å². The quantitative estimate of drug-likeness (QED) is 0.638. The molecule has 0 heterocycles. The van der Waals surface area contributed by atoms with Crippen molar-refractivity contribution in [3.05, 3.63) is 90.5 Å². The van der Waals surface area contributed by atoms with E-state index in [1.165, 1.54) is 16.2 Å². The van der Waals surface area contributed by atoms with E-state index in [1.807, 2.05) is 12.1 Å². The van der Waals surface area contributed by atoms with Gasteiger partial charge in [0.15, 0.2) is 0 Å². The van der Waals surface area contributed by atoms with Gasteiger partial charge in [0.2, 0.25) is 0 Å². The highest BCUT2D eigenvalue weighted by Crippen LogP contribution is 2.40. The molecule has 0 fully saturated rings. The third-order valence-electron chi connectivity index (χ3n) is 3.66. The zero-order valence-electron chi connectivity index (χ0n) is 12.6. The van der Waals surface area contributed by atoms with Crippen molar-refractivity contribution in [1.82, 2.24) is 0 Å². The minimum atomic E-state index is -0.429. The highest BCUT2D eigenvalue weighted by molar-refractivity contribution is 7.72. The zero-order valence-corrected chi connectivity index (χ0v) is 13.5. The molecule has 0 unspecified atom stereocenters. The Hall–Kier alpha value is -2.11. The Kier molecular flexibility index (Phi) is 4.88. The summed E-state index contributed by atoms with van der Waals surface area (Å²) in [6.45, 7) is 0. The maximum Gasteiger partial charge on any atom is 0.122 e. The summed E-state index contributed by atoms with van der Waals surface area (Å²) >= 11 is 0. The summed E-state index contributed by atoms with van der Waals surface area (Å²) in [6.07, 6.45) is 0.993. The molecule has 0 aromatic heterocycles. The summed E-state index contributed by atoms with van der Waals surface area (Å²) in [4.78, 5) is 0. The van der Waals surface area contributed by atoms with E-state index in [-0.39, 0.29) is 0 Å². The van der Waals surface area contributed by atoms with E-state index in [9.17, 15) is 0 Å². The van der Waals surface area contributed by atoms with Crippen molar-refractivity contribution < 1.29 is 4.74 Å². The first-order valence-electron chi connectivity index (χ1n) is 7.38. The molecule has 3 aromatic rings. The molecular formula is C20H19OP. The van der Waals surface area contributed by atoms with Gasteiger partial charge in [0.1, 0.15) is 5.75 Å². The molecule has 22 heavy (non-hydrogen) atoms. The lowest BCUT2D eigenvalue weighted by molar-refractivity contribution is 0.411. The Balaban J connectivity index is 1.99. The summed E-state index contributed by atoms with van der Waals surface area (Å²) in [5, 5.41) is 2.80. The van der Waals surface area contributed by atoms with Crippen molar-refractivity contribution in [1.29, 1.82) is 0 Å². The third-order valence-corrected chi connectivity index (χ3v) is 6.16. The molecule has 0 aliphatic rings. The Morgan fingerprint density at radius 1 is 0.682 bits per heavy atom. The van der Waals surface area contributed by atoms with Gasteiger partial charge in [-0.2, -0.15) is 0 Å². The fourth-order valence-electron chi connectivity index (χ4n) is 2.55. The molecular weight excluding hydrogens is 287 g/mol. The first-order chi connectivity index (χ1) is 10.9. The van der Waals surface area contributed by atoms with Crippen LogP contribution in [0.5, 0.6) is 5.75 Å². The van der Waals surface area contributed by atoms with Crippen molar-refractivity contribution in [2.24, 2.45) is 0 Å². The molecule has 0 radical (unpaired) electrons. The van der Waals surface area contributed by atoms with Crippen molar-refractivity contribution in [3.8, 4) is 5.75 Å². The van der Waals surface area contributed by atoms with Gasteiger partial charge >= 0.3 is 0 Å². The van der Waals surface area contributed by atoms with Crippen LogP contribution in [0.4, 0.5) is 0 Å². The van der Waals surface area contributed by atoms with E-state index in [2.05, 4.69) is 72.8 Å². The van der Waals surface area contributed by atoms with Gasteiger partial charge in [-0.05, 0) is 30.2 Å². The summed E-state index contributed by atoms with van der Waals surface area (Å²) in [5.41, 5.74) is 1.27. The SMILES string of the molecule is COc1ccccc1CP(c1ccccc1)c1ccccc1. The van der Waals surface area contributed by atoms with Crippen LogP contribution in [0.15, 0.2) is 84.9 Å². The van der Waals surface area contributed by atoms with Crippen LogP contribution in [0.3, 0.4) is 0 Å². The second kappa shape index (κ2) is 7.24. The number of hydrogen-bond donors (Lipinski definition) is 0. The minimum Gasteiger partial charge on any atom is -0.496 e. The predicted molar refractivity (Wildman–Crippen MR) is 95.8 cm³/mol. The van der Waals surface area contributed by atoms with Crippen molar-refractivity contribution in [2.45, 2.75) is 6.16 Å². The number of hydrogen-bond acceptors (Lipinski definition) is 1. The third kappa shape index (κ3) is 3.37. The molecule has 1 nitrogen and oxygen atoms in total. The molecule has 0 amide bonds. The van der Waals surface area contributed by atoms with E-state index in [4.69, 9.17) is 4.74 Å². The van der Waals surface area contributed by atoms with Crippen LogP contribution in [-0.4, -0.2) is 7.11 Å². The second-order valence-electron chi connectivity index (χ2n) is 5.07. The van der Waals surface area contributed by atoms with Gasteiger partial charge in [-0.3, -0.25) is 0 Å². The Labute approximate surface area is 133 Å². The summed E-state index contributed by atoms with van der Waals surface area (Å²) in [7, 11) is 1.31. The number of para-hydroxylation sites is 1. The molecule has 0 spiro atoms. The standard InChI is InChI=1S/C20H19OP/c1-21-20-15-9-8-10-17(20)16-22(18-11-4-2-5-12-18)19-13-6-3-7-14-19/h2-15H,16H2,1H3. The molecule has 0 bridgehead atoms. The molecule has 0 saturated carbocycles. The monoisotopic (exact) mass is 306 g/mol. The van der Waals surface area contributed by atoms with Gasteiger partial charge in [0.05, 0.1) is 7.11 Å². The lowest BCUT2D eigenvalue weighted by Gasteiger charge is -2.20. The molecule has 0 saturated heterocycles. The average molecular weight is 306 g/mol. The van der Waals surface area contributed by atoms with E-state index in [0.29, 0.717) is 0 Å². The fourth-order valence-corrected chi connectivity index (χ4v) is 4.88. The van der Waals surface area contributed by atoms with Crippen LogP contribution in [0.2, 0.25) is 0 Å². The minimum absolute atomic E-state index is 0.429. The topological polar surface area (TPSA) is 9.23 Å². The number of benzene rings is 3. The largest absolute Gasteiger partial charge is 0.496 e. The van der Waals surface area contributed by atoms with Gasteiger partial charge in [-0.25, -0.2) is 0 Å². The predicted octanol–water partition coefficient (Wildman–Crippen LogP) is 4.33. The van der Waals surface area contributed by atoms with Crippen LogP contribution in [-0.2, 0) is 6.16 Å². The first-order valence-corrected chi connectivity index (χ1v) is 8.90. The average Bonchev–Trinajstić information content (AvgIpc) is 2.61. The number of rotatable bonds is 5. The molecule has 3 aromatic carbocycles. The maximum absolute atomic E-state index is 5.53. The summed E-state index contributed by atoms with van der Waals surface area (Å²) in [5.74, 6) is 0.974. The molecule has 0 atom stereocenters. The van der Waals surface area contributed by atoms with Crippen LogP contribution < -0.4 is 15.3 Å². The van der Waals surface area contributed by atoms with Gasteiger partial charge in [-0.15, -0.1) is 0 Å². The van der Waals surface area contributed by atoms with Crippen molar-refractivity contribution in [2.75, 3.05) is 7.11 Å². The van der Waals surface area contributed by atoms with E-state index in [0.717, 1.165) is 11.9 Å². The molecule has 0 N–H and O–H groups in total. The Morgan fingerprint density at radius 3 is 1.73 bits per heavy atom. The fraction of sp³-hybridized carbons (Fsp3) is 0.100. The molecule has 2 heteroatoms. The van der Waals surface area contributed by atoms with E-state index >= 15 is 0 Å². The lowest BCUT2D eigenvalue weighted by atomic mass is 10.2. The van der Waals surface area contributed by atoms with Crippen molar-refractivity contribution in [3.63, 3.8) is 0 Å². The van der Waals surface area contributed by atoms with Gasteiger partial charge < -0.3 is 4.74 Å². The lowest BCUT2D eigenvalue weighted by Crippen LogP contribution is -2.13.